The number of nitrogens with zero attached hydrogens (tertiary/aromatic N) is 4. The van der Waals surface area contributed by atoms with Gasteiger partial charge in [0.2, 0.25) is 17.7 Å². The van der Waals surface area contributed by atoms with Gasteiger partial charge in [0, 0.05) is 103 Å². The summed E-state index contributed by atoms with van der Waals surface area (Å²) in [6.45, 7) is 10.1. The molecule has 1 aromatic heterocycles. The Balaban J connectivity index is 0.660. The SMILES string of the molecule is C#Cc1c(F)ccc2cc(O)cc(-c3ncc4c(N5CC6CCC(C5)N6)cc(OCCC5CCC(CCCCCCCC(=O)N[C@H](C(=O)N6C[C@H](O)C[C@@H]6C(=O)NCc6ccc(C7=C(C)N=CC7)cc6)C(C)(C)C)CC5)cc4c3F)c12. The third-order valence-electron chi connectivity index (χ3n) is 17.8. The van der Waals surface area contributed by atoms with Crippen molar-refractivity contribution in [1.29, 1.82) is 0 Å². The maximum absolute atomic E-state index is 17.1. The maximum atomic E-state index is 17.1. The number of β-amino-alcohol motifs (C(OH)–C–C–N with tert-alkyl or cyclic N) is 1. The predicted octanol–water partition coefficient (Wildman–Crippen LogP) is 11.3. The fourth-order valence-electron chi connectivity index (χ4n) is 13.2. The minimum atomic E-state index is -0.855. The van der Waals surface area contributed by atoms with E-state index in [1.54, 1.807) is 12.3 Å². The number of ether oxygens (including phenoxy) is 1. The Morgan fingerprint density at radius 1 is 0.889 bits per heavy atom. The first-order valence-corrected chi connectivity index (χ1v) is 29.6. The molecule has 3 amide bonds. The zero-order valence-corrected chi connectivity index (χ0v) is 47.5. The van der Waals surface area contributed by atoms with Crippen LogP contribution in [-0.4, -0.2) is 101 Å². The van der Waals surface area contributed by atoms with Gasteiger partial charge in [0.15, 0.2) is 5.82 Å². The molecule has 5 aromatic rings. The molecule has 2 bridgehead atoms. The van der Waals surface area contributed by atoms with Crippen LogP contribution in [0.2, 0.25) is 0 Å². The smallest absolute Gasteiger partial charge is 0.246 e. The molecule has 15 heteroatoms. The highest BCUT2D eigenvalue weighted by Gasteiger charge is 2.44. The number of pyridine rings is 1. The number of amides is 3. The summed E-state index contributed by atoms with van der Waals surface area (Å²) < 4.78 is 38.7. The molecule has 428 valence electrons. The Morgan fingerprint density at radius 2 is 1.60 bits per heavy atom. The second-order valence-corrected chi connectivity index (χ2v) is 24.6. The Bertz CT molecular complexity index is 3240. The molecule has 1 aliphatic carbocycles. The van der Waals surface area contributed by atoms with Gasteiger partial charge in [-0.25, -0.2) is 8.78 Å². The van der Waals surface area contributed by atoms with Gasteiger partial charge in [-0.15, -0.1) is 6.42 Å². The highest BCUT2D eigenvalue weighted by atomic mass is 19.1. The quantitative estimate of drug-likeness (QED) is 0.0376. The van der Waals surface area contributed by atoms with E-state index in [0.717, 1.165) is 106 Å². The molecular formula is C66H79F2N7O6. The Labute approximate surface area is 475 Å². The maximum Gasteiger partial charge on any atom is 0.246 e. The number of aliphatic hydroxyl groups excluding tert-OH is 1. The number of carbonyl (C=O) groups excluding carboxylic acids is 3. The van der Waals surface area contributed by atoms with Gasteiger partial charge in [0.25, 0.3) is 0 Å². The van der Waals surface area contributed by atoms with Gasteiger partial charge in [0.05, 0.1) is 24.0 Å². The van der Waals surface area contributed by atoms with E-state index in [4.69, 9.17) is 11.2 Å². The third kappa shape index (κ3) is 13.2. The lowest BCUT2D eigenvalue weighted by Gasteiger charge is -2.35. The molecule has 5 N–H and O–H groups in total. The molecule has 3 saturated heterocycles. The number of phenols is 1. The largest absolute Gasteiger partial charge is 0.508 e. The van der Waals surface area contributed by atoms with Crippen LogP contribution in [0.5, 0.6) is 11.5 Å². The molecule has 4 fully saturated rings. The fourth-order valence-corrected chi connectivity index (χ4v) is 13.2. The van der Waals surface area contributed by atoms with Crippen molar-refractivity contribution in [2.75, 3.05) is 31.1 Å². The van der Waals surface area contributed by atoms with Crippen molar-refractivity contribution in [2.45, 2.75) is 167 Å². The topological polar surface area (TPSA) is 169 Å². The molecular weight excluding hydrogens is 1020 g/mol. The van der Waals surface area contributed by atoms with Crippen LogP contribution in [0.15, 0.2) is 77.5 Å². The number of terminal acetylenes is 1. The zero-order valence-electron chi connectivity index (χ0n) is 47.5. The molecule has 1 saturated carbocycles. The molecule has 13 nitrogen and oxygen atoms in total. The van der Waals surface area contributed by atoms with E-state index in [1.807, 2.05) is 64.2 Å². The van der Waals surface area contributed by atoms with Crippen molar-refractivity contribution in [3.8, 4) is 35.1 Å². The lowest BCUT2D eigenvalue weighted by Crippen LogP contribution is -2.57. The fraction of sp³-hybridized carbons (Fsp3) is 0.500. The van der Waals surface area contributed by atoms with Crippen molar-refractivity contribution in [3.05, 3.63) is 101 Å². The average Bonchev–Trinajstić information content (AvgIpc) is 4.11. The minimum absolute atomic E-state index is 0.0129. The van der Waals surface area contributed by atoms with Gasteiger partial charge >= 0.3 is 0 Å². The third-order valence-corrected chi connectivity index (χ3v) is 17.8. The summed E-state index contributed by atoms with van der Waals surface area (Å²) in [5, 5.41) is 32.8. The van der Waals surface area contributed by atoms with Gasteiger partial charge in [-0.05, 0) is 96.2 Å². The van der Waals surface area contributed by atoms with E-state index in [9.17, 15) is 24.6 Å². The normalized spacial score (nSPS) is 22.1. The van der Waals surface area contributed by atoms with Gasteiger partial charge in [-0.1, -0.05) is 115 Å². The van der Waals surface area contributed by atoms with Crippen LogP contribution in [0.1, 0.15) is 147 Å². The predicted molar refractivity (Wildman–Crippen MR) is 316 cm³/mol. The van der Waals surface area contributed by atoms with Gasteiger partial charge in [-0.2, -0.15) is 0 Å². The standard InChI is InChI=1S/C66H79F2N7O6/c1-6-51-56(67)25-22-45-30-48(76)31-54(60(45)51)62-61(68)53-33-50(34-57(55(53)36-70-62)74-37-46-23-24-47(38-74)72-46)81-29-27-42-16-14-41(15-17-42)12-10-8-7-9-11-13-59(78)73-63(66(3,4)5)65(80)75-39-49(77)32-58(75)64(79)71-35-43-18-20-44(21-19-43)52-26-28-69-40(52)2/h1,18-22,25,28,30-31,33-34,36,41-42,46-47,49,58,63,72,76-77H,7-17,23-24,26-27,29,32,35,37-39H2,2-5H3,(H,71,79)(H,73,78)/t41?,42?,46?,47?,49-,58-,63-/m1/s1. The first kappa shape index (κ1) is 57.3. The number of hydrogen-bond acceptors (Lipinski definition) is 10. The Hall–Kier alpha value is -6.89. The van der Waals surface area contributed by atoms with Crippen molar-refractivity contribution < 1.29 is 38.1 Å². The van der Waals surface area contributed by atoms with Crippen LogP contribution in [0.3, 0.4) is 0 Å². The number of aromatic hydroxyl groups is 1. The molecule has 10 rings (SSSR count). The average molecular weight is 1100 g/mol. The molecule has 2 unspecified atom stereocenters. The van der Waals surface area contributed by atoms with Crippen LogP contribution in [0, 0.1) is 41.2 Å². The van der Waals surface area contributed by atoms with Gasteiger partial charge in [-0.3, -0.25) is 24.4 Å². The van der Waals surface area contributed by atoms with E-state index in [0.29, 0.717) is 64.2 Å². The number of benzene rings is 4. The molecule has 4 aliphatic heterocycles. The van der Waals surface area contributed by atoms with E-state index < -0.39 is 35.2 Å². The van der Waals surface area contributed by atoms with Crippen LogP contribution < -0.4 is 25.6 Å². The second kappa shape index (κ2) is 25.1. The molecule has 4 aromatic carbocycles. The number of fused-ring (bicyclic) bond motifs is 4. The van der Waals surface area contributed by atoms with E-state index in [1.165, 1.54) is 54.0 Å². The number of rotatable bonds is 20. The van der Waals surface area contributed by atoms with Crippen LogP contribution in [-0.2, 0) is 20.9 Å². The Morgan fingerprint density at radius 3 is 2.31 bits per heavy atom. The number of allylic oxidation sites excluding steroid dienone is 2. The van der Waals surface area contributed by atoms with Crippen molar-refractivity contribution >= 4 is 56.7 Å². The summed E-state index contributed by atoms with van der Waals surface area (Å²) in [6.07, 6.45) is 23.6. The van der Waals surface area contributed by atoms with Crippen LogP contribution in [0.25, 0.3) is 38.4 Å². The summed E-state index contributed by atoms with van der Waals surface area (Å²) in [7, 11) is 0. The summed E-state index contributed by atoms with van der Waals surface area (Å²) in [5.41, 5.74) is 4.65. The number of piperazine rings is 1. The molecule has 81 heavy (non-hydrogen) atoms. The Kier molecular flexibility index (Phi) is 17.8. The number of phenolic OH excluding ortho intramolecular Hbond substituents is 1. The minimum Gasteiger partial charge on any atom is -0.508 e. The van der Waals surface area contributed by atoms with Crippen LogP contribution >= 0.6 is 0 Å². The molecule has 5 atom stereocenters. The summed E-state index contributed by atoms with van der Waals surface area (Å²) in [4.78, 5) is 53.8. The van der Waals surface area contributed by atoms with Crippen LogP contribution in [0.4, 0.5) is 14.5 Å². The number of halogens is 2. The van der Waals surface area contributed by atoms with Gasteiger partial charge < -0.3 is 40.7 Å². The van der Waals surface area contributed by atoms with E-state index in [-0.39, 0.29) is 59.8 Å². The highest BCUT2D eigenvalue weighted by Crippen LogP contribution is 2.42. The zero-order chi connectivity index (χ0) is 57.0. The number of nitrogens with one attached hydrogen (secondary N) is 3. The van der Waals surface area contributed by atoms with E-state index in [2.05, 4.69) is 36.7 Å². The number of carbonyl (C=O) groups is 3. The number of aliphatic hydroxyl groups is 1. The monoisotopic (exact) mass is 1100 g/mol. The summed E-state index contributed by atoms with van der Waals surface area (Å²) in [5.74, 6) is 2.08. The lowest BCUT2D eigenvalue weighted by molar-refractivity contribution is -0.144. The molecule has 5 aliphatic rings. The van der Waals surface area contributed by atoms with Crippen molar-refractivity contribution in [1.82, 2.24) is 25.8 Å². The number of likely N-dealkylation sites (tertiary alicyclic amines) is 1. The molecule has 0 radical (unpaired) electrons. The second-order valence-electron chi connectivity index (χ2n) is 24.6. The van der Waals surface area contributed by atoms with Crippen molar-refractivity contribution in [2.24, 2.45) is 22.2 Å². The number of aromatic nitrogens is 1. The summed E-state index contributed by atoms with van der Waals surface area (Å²) in [6, 6.07) is 16.4. The van der Waals surface area contributed by atoms with Crippen molar-refractivity contribution in [3.63, 3.8) is 0 Å². The number of aliphatic imine (C=N–C) groups is 1. The summed E-state index contributed by atoms with van der Waals surface area (Å²) >= 11 is 0. The van der Waals surface area contributed by atoms with Gasteiger partial charge in [0.1, 0.15) is 35.1 Å². The first-order chi connectivity index (χ1) is 39.0. The highest BCUT2D eigenvalue weighted by molar-refractivity contribution is 6.04. The molecule has 5 heterocycles. The van der Waals surface area contributed by atoms with E-state index >= 15 is 8.78 Å². The first-order valence-electron chi connectivity index (χ1n) is 29.6. The number of hydrogen-bond donors (Lipinski definition) is 5. The lowest BCUT2D eigenvalue weighted by atomic mass is 9.78. The number of anilines is 1. The number of unbranched alkanes of at least 4 members (excludes halogenated alkanes) is 4. The molecule has 0 spiro atoms.